The Morgan fingerprint density at radius 3 is 2.52 bits per heavy atom. The van der Waals surface area contributed by atoms with E-state index in [9.17, 15) is 27.0 Å². The molecule has 0 fully saturated rings. The van der Waals surface area contributed by atoms with E-state index < -0.39 is 35.8 Å². The number of imidazole rings is 1. The van der Waals surface area contributed by atoms with Crippen LogP contribution >= 0.6 is 0 Å². The summed E-state index contributed by atoms with van der Waals surface area (Å²) in [5, 5.41) is -0.132. The summed E-state index contributed by atoms with van der Waals surface area (Å²) in [6.45, 7) is 0.00325. The number of fused-ring (bicyclic) bond motifs is 1. The highest BCUT2D eigenvalue weighted by Gasteiger charge is 2.30. The van der Waals surface area contributed by atoms with Crippen LogP contribution in [0.2, 0.25) is 0 Å². The smallest absolute Gasteiger partial charge is 0.484 e. The number of aromatic nitrogens is 4. The first-order valence-electron chi connectivity index (χ1n) is 11.5. The molecule has 3 heterocycles. The van der Waals surface area contributed by atoms with Gasteiger partial charge in [0.1, 0.15) is 5.75 Å². The average Bonchev–Trinajstić information content (AvgIpc) is 3.32. The molecule has 4 rings (SSSR count). The number of ether oxygens (including phenoxy) is 3. The molecule has 210 valence electrons. The van der Waals surface area contributed by atoms with Gasteiger partial charge in [0, 0.05) is 25.0 Å². The van der Waals surface area contributed by atoms with Crippen molar-refractivity contribution < 1.29 is 41.2 Å². The molecule has 0 unspecified atom stereocenters. The van der Waals surface area contributed by atoms with Crippen LogP contribution in [0.4, 0.5) is 28.6 Å². The zero-order valence-electron chi connectivity index (χ0n) is 21.3. The van der Waals surface area contributed by atoms with Gasteiger partial charge in [0.15, 0.2) is 18.2 Å². The van der Waals surface area contributed by atoms with E-state index in [2.05, 4.69) is 19.7 Å². The SMILES string of the molecule is COC(=O)Oc1cccnc1N(C)C(=O)n1c([S@](=O)Cc2nccc(OCC(F)(F)F)c2C)nc2ccccc21. The molecule has 1 atom stereocenters. The lowest BCUT2D eigenvalue weighted by Crippen LogP contribution is -2.33. The van der Waals surface area contributed by atoms with E-state index in [0.29, 0.717) is 11.0 Å². The van der Waals surface area contributed by atoms with E-state index in [4.69, 9.17) is 9.47 Å². The lowest BCUT2D eigenvalue weighted by molar-refractivity contribution is -0.153. The van der Waals surface area contributed by atoms with Crippen molar-refractivity contribution in [3.05, 3.63) is 66.1 Å². The van der Waals surface area contributed by atoms with Gasteiger partial charge >= 0.3 is 18.4 Å². The molecular formula is C25H22F3N5O6S. The monoisotopic (exact) mass is 577 g/mol. The quantitative estimate of drug-likeness (QED) is 0.289. The Labute approximate surface area is 228 Å². The zero-order chi connectivity index (χ0) is 29.0. The molecule has 40 heavy (non-hydrogen) atoms. The van der Waals surface area contributed by atoms with E-state index in [1.807, 2.05) is 0 Å². The van der Waals surface area contributed by atoms with E-state index in [0.717, 1.165) is 16.6 Å². The number of anilines is 1. The fourth-order valence-electron chi connectivity index (χ4n) is 3.64. The number of rotatable bonds is 7. The molecular weight excluding hydrogens is 555 g/mol. The summed E-state index contributed by atoms with van der Waals surface area (Å²) in [5.41, 5.74) is 1.17. The van der Waals surface area contributed by atoms with Crippen molar-refractivity contribution in [2.24, 2.45) is 0 Å². The maximum Gasteiger partial charge on any atom is 0.513 e. The Kier molecular flexibility index (Phi) is 8.32. The van der Waals surface area contributed by atoms with Gasteiger partial charge in [-0.05, 0) is 37.3 Å². The van der Waals surface area contributed by atoms with Crippen molar-refractivity contribution in [1.82, 2.24) is 19.5 Å². The molecule has 1 amide bonds. The number of para-hydroxylation sites is 2. The minimum absolute atomic E-state index is 0.0283. The molecule has 0 aliphatic carbocycles. The molecule has 0 aliphatic rings. The number of carbonyl (C=O) groups is 2. The summed E-state index contributed by atoms with van der Waals surface area (Å²) in [6, 6.07) is 10.1. The molecule has 0 bridgehead atoms. The van der Waals surface area contributed by atoms with Gasteiger partial charge in [-0.1, -0.05) is 12.1 Å². The molecule has 4 aromatic rings. The Morgan fingerprint density at radius 1 is 1.05 bits per heavy atom. The van der Waals surface area contributed by atoms with Gasteiger partial charge in [-0.15, -0.1) is 0 Å². The molecule has 15 heteroatoms. The number of amides is 1. The van der Waals surface area contributed by atoms with Gasteiger partial charge in [-0.3, -0.25) is 14.1 Å². The maximum absolute atomic E-state index is 13.8. The number of pyridine rings is 2. The van der Waals surface area contributed by atoms with Crippen LogP contribution < -0.4 is 14.4 Å². The number of alkyl halides is 3. The second-order valence-electron chi connectivity index (χ2n) is 8.22. The standard InChI is InChI=1S/C25H22F3N5O6S/c1-15-17(29-12-10-19(15)38-14-25(26,27)28)13-40(36)22-31-16-7-4-5-8-18(16)33(22)23(34)32(2)21-20(9-6-11-30-21)39-24(35)37-3/h4-12H,13-14H2,1-3H3/t40-/m1/s1. The third-order valence-electron chi connectivity index (χ3n) is 5.56. The highest BCUT2D eigenvalue weighted by Crippen LogP contribution is 2.29. The lowest BCUT2D eigenvalue weighted by Gasteiger charge is -2.20. The number of nitrogens with zero attached hydrogens (tertiary/aromatic N) is 5. The number of carbonyl (C=O) groups excluding carboxylic acids is 2. The third-order valence-corrected chi connectivity index (χ3v) is 6.78. The van der Waals surface area contributed by atoms with Crippen LogP contribution in [-0.2, 0) is 21.3 Å². The van der Waals surface area contributed by atoms with Gasteiger partial charge in [-0.2, -0.15) is 13.2 Å². The molecule has 1 aromatic carbocycles. The summed E-state index contributed by atoms with van der Waals surface area (Å²) in [5.74, 6) is -0.417. The maximum atomic E-state index is 13.8. The third kappa shape index (κ3) is 6.20. The molecule has 0 spiro atoms. The van der Waals surface area contributed by atoms with Crippen LogP contribution in [-0.4, -0.2) is 62.9 Å². The summed E-state index contributed by atoms with van der Waals surface area (Å²) >= 11 is 0. The van der Waals surface area contributed by atoms with Gasteiger partial charge in [0.25, 0.3) is 0 Å². The minimum Gasteiger partial charge on any atom is -0.484 e. The number of hydrogen-bond acceptors (Lipinski definition) is 9. The van der Waals surface area contributed by atoms with Crippen molar-refractivity contribution in [2.45, 2.75) is 24.0 Å². The number of methoxy groups -OCH3 is 1. The van der Waals surface area contributed by atoms with E-state index in [1.165, 1.54) is 44.6 Å². The number of halogens is 3. The predicted octanol–water partition coefficient (Wildman–Crippen LogP) is 4.63. The van der Waals surface area contributed by atoms with Gasteiger partial charge in [0.05, 0.1) is 40.4 Å². The van der Waals surface area contributed by atoms with Crippen molar-refractivity contribution in [3.63, 3.8) is 0 Å². The van der Waals surface area contributed by atoms with Crippen LogP contribution in [0.25, 0.3) is 11.0 Å². The highest BCUT2D eigenvalue weighted by atomic mass is 32.2. The first kappa shape index (κ1) is 28.5. The van der Waals surface area contributed by atoms with Crippen molar-refractivity contribution in [1.29, 1.82) is 0 Å². The first-order valence-corrected chi connectivity index (χ1v) is 12.8. The van der Waals surface area contributed by atoms with E-state index in [-0.39, 0.29) is 39.5 Å². The van der Waals surface area contributed by atoms with Crippen molar-refractivity contribution in [2.75, 3.05) is 25.7 Å². The fourth-order valence-corrected chi connectivity index (χ4v) is 4.89. The second kappa shape index (κ2) is 11.7. The van der Waals surface area contributed by atoms with Gasteiger partial charge in [-0.25, -0.2) is 24.1 Å². The van der Waals surface area contributed by atoms with Gasteiger partial charge < -0.3 is 14.2 Å². The summed E-state index contributed by atoms with van der Waals surface area (Å²) in [4.78, 5) is 39.2. The topological polar surface area (TPSA) is 126 Å². The molecule has 0 saturated carbocycles. The molecule has 0 radical (unpaired) electrons. The fraction of sp³-hybridized carbons (Fsp3) is 0.240. The Bertz CT molecular complexity index is 1590. The summed E-state index contributed by atoms with van der Waals surface area (Å²) in [7, 11) is 0.515. The molecule has 11 nitrogen and oxygen atoms in total. The average molecular weight is 578 g/mol. The molecule has 3 aromatic heterocycles. The van der Waals surface area contributed by atoms with Crippen LogP contribution in [0.15, 0.2) is 60.0 Å². The largest absolute Gasteiger partial charge is 0.513 e. The van der Waals surface area contributed by atoms with Crippen LogP contribution in [0.3, 0.4) is 0 Å². The molecule has 0 aliphatic heterocycles. The minimum atomic E-state index is -4.54. The highest BCUT2D eigenvalue weighted by molar-refractivity contribution is 7.84. The summed E-state index contributed by atoms with van der Waals surface area (Å²) < 4.78 is 67.2. The van der Waals surface area contributed by atoms with Crippen molar-refractivity contribution >= 4 is 39.8 Å². The normalized spacial score (nSPS) is 12.2. The van der Waals surface area contributed by atoms with Gasteiger partial charge in [0.2, 0.25) is 5.16 Å². The van der Waals surface area contributed by atoms with Crippen molar-refractivity contribution in [3.8, 4) is 11.5 Å². The van der Waals surface area contributed by atoms with E-state index in [1.54, 1.807) is 24.3 Å². The Hall–Kier alpha value is -4.53. The van der Waals surface area contributed by atoms with Crippen LogP contribution in [0, 0.1) is 6.92 Å². The summed E-state index contributed by atoms with van der Waals surface area (Å²) in [6.07, 6.45) is -2.92. The lowest BCUT2D eigenvalue weighted by atomic mass is 10.2. The first-order chi connectivity index (χ1) is 19.0. The van der Waals surface area contributed by atoms with Crippen LogP contribution in [0.5, 0.6) is 11.5 Å². The molecule has 0 saturated heterocycles. The molecule has 0 N–H and O–H groups in total. The van der Waals surface area contributed by atoms with E-state index >= 15 is 0 Å². The Morgan fingerprint density at radius 2 is 1.80 bits per heavy atom. The number of hydrogen-bond donors (Lipinski definition) is 0. The zero-order valence-corrected chi connectivity index (χ0v) is 22.2. The van der Waals surface area contributed by atoms with Crippen LogP contribution in [0.1, 0.15) is 11.3 Å². The Balaban J connectivity index is 1.70. The predicted molar refractivity (Wildman–Crippen MR) is 137 cm³/mol. The number of benzene rings is 1. The second-order valence-corrected chi connectivity index (χ2v) is 9.56.